The zero-order valence-electron chi connectivity index (χ0n) is 14.0. The van der Waals surface area contributed by atoms with Gasteiger partial charge in [0.25, 0.3) is 0 Å². The van der Waals surface area contributed by atoms with Crippen LogP contribution in [-0.2, 0) is 16.0 Å². The van der Waals surface area contributed by atoms with Crippen LogP contribution in [0.5, 0.6) is 5.75 Å². The number of rotatable bonds is 11. The minimum Gasteiger partial charge on any atom is -0.490 e. The quantitative estimate of drug-likeness (QED) is 0.191. The first-order chi connectivity index (χ1) is 11.4. The number of aryl methyl sites for hydroxylation is 1. The van der Waals surface area contributed by atoms with Crippen molar-refractivity contribution in [3.05, 3.63) is 29.8 Å². The second kappa shape index (κ2) is 12.3. The first-order valence-electron chi connectivity index (χ1n) is 8.39. The van der Waals surface area contributed by atoms with Gasteiger partial charge in [-0.05, 0) is 78.3 Å². The maximum absolute atomic E-state index is 11.5. The van der Waals surface area contributed by atoms with Crippen LogP contribution >= 0.6 is 47.8 Å². The molecule has 0 aliphatic heterocycles. The summed E-state index contributed by atoms with van der Waals surface area (Å²) in [4.78, 5) is 11.5. The largest absolute Gasteiger partial charge is 0.490 e. The molecule has 3 nitrogen and oxygen atoms in total. The summed E-state index contributed by atoms with van der Waals surface area (Å²) in [6.45, 7) is 2.76. The highest BCUT2D eigenvalue weighted by molar-refractivity contribution is 9.40. The molecule has 0 aliphatic rings. The lowest BCUT2D eigenvalue weighted by Crippen LogP contribution is -2.22. The van der Waals surface area contributed by atoms with Gasteiger partial charge in [0.2, 0.25) is 2.14 Å². The Morgan fingerprint density at radius 1 is 0.958 bits per heavy atom. The molecule has 0 unspecified atom stereocenters. The maximum atomic E-state index is 11.5. The van der Waals surface area contributed by atoms with Crippen LogP contribution < -0.4 is 4.74 Å². The molecule has 0 saturated carbocycles. The van der Waals surface area contributed by atoms with E-state index >= 15 is 0 Å². The van der Waals surface area contributed by atoms with Gasteiger partial charge in [-0.15, -0.1) is 0 Å². The summed E-state index contributed by atoms with van der Waals surface area (Å²) in [5.74, 6) is 0.348. The molecule has 0 bridgehead atoms. The third-order valence-electron chi connectivity index (χ3n) is 3.56. The second-order valence-electron chi connectivity index (χ2n) is 5.64. The van der Waals surface area contributed by atoms with Gasteiger partial charge in [0.15, 0.2) is 0 Å². The van der Waals surface area contributed by atoms with Gasteiger partial charge in [-0.1, -0.05) is 51.2 Å². The van der Waals surface area contributed by atoms with Crippen LogP contribution in [0.4, 0.5) is 0 Å². The molecule has 0 saturated heterocycles. The molecular formula is C18H25Br3O3. The van der Waals surface area contributed by atoms with Crippen molar-refractivity contribution >= 4 is 53.8 Å². The number of halogens is 3. The van der Waals surface area contributed by atoms with Crippen molar-refractivity contribution in [3.8, 4) is 5.75 Å². The van der Waals surface area contributed by atoms with Gasteiger partial charge < -0.3 is 9.47 Å². The van der Waals surface area contributed by atoms with E-state index in [4.69, 9.17) is 9.47 Å². The summed E-state index contributed by atoms with van der Waals surface area (Å²) in [6, 6.07) is 8.15. The normalized spacial score (nSPS) is 11.3. The van der Waals surface area contributed by atoms with E-state index in [1.165, 1.54) is 44.1 Å². The lowest BCUT2D eigenvalue weighted by molar-refractivity contribution is -0.142. The number of alkyl halides is 3. The number of unbranched alkanes of at least 4 members (excludes halogenated alkanes) is 5. The molecule has 0 aliphatic carbocycles. The molecule has 0 atom stereocenters. The third-order valence-corrected chi connectivity index (χ3v) is 4.53. The Bertz CT molecular complexity index is 469. The topological polar surface area (TPSA) is 35.5 Å². The van der Waals surface area contributed by atoms with E-state index in [-0.39, 0.29) is 6.61 Å². The first-order valence-corrected chi connectivity index (χ1v) is 10.8. The van der Waals surface area contributed by atoms with Crippen molar-refractivity contribution in [2.75, 3.05) is 13.2 Å². The molecule has 0 heterocycles. The summed E-state index contributed by atoms with van der Waals surface area (Å²) in [7, 11) is 0. The van der Waals surface area contributed by atoms with Gasteiger partial charge in [-0.25, -0.2) is 4.79 Å². The van der Waals surface area contributed by atoms with Crippen LogP contribution in [0, 0.1) is 0 Å². The van der Waals surface area contributed by atoms with Crippen LogP contribution in [0.25, 0.3) is 0 Å². The maximum Gasteiger partial charge on any atom is 0.345 e. The SMILES string of the molecule is CCCCCCCCc1ccc(OCCOC(=O)C(Br)(Br)Br)cc1. The fraction of sp³-hybridized carbons (Fsp3) is 0.611. The summed E-state index contributed by atoms with van der Waals surface area (Å²) < 4.78 is 9.59. The predicted octanol–water partition coefficient (Wildman–Crippen LogP) is 6.35. The van der Waals surface area contributed by atoms with Crippen molar-refractivity contribution in [1.82, 2.24) is 0 Å². The number of carbonyl (C=O) groups excluding carboxylic acids is 1. The predicted molar refractivity (Wildman–Crippen MR) is 109 cm³/mol. The van der Waals surface area contributed by atoms with E-state index in [1.54, 1.807) is 0 Å². The van der Waals surface area contributed by atoms with Crippen molar-refractivity contribution in [2.24, 2.45) is 0 Å². The molecule has 6 heteroatoms. The van der Waals surface area contributed by atoms with E-state index < -0.39 is 8.11 Å². The fourth-order valence-electron chi connectivity index (χ4n) is 2.24. The molecule has 1 aromatic rings. The summed E-state index contributed by atoms with van der Waals surface area (Å²) >= 11 is 9.31. The van der Waals surface area contributed by atoms with E-state index in [2.05, 4.69) is 66.8 Å². The van der Waals surface area contributed by atoms with Gasteiger partial charge in [0.1, 0.15) is 19.0 Å². The van der Waals surface area contributed by atoms with Crippen LogP contribution in [0.2, 0.25) is 0 Å². The lowest BCUT2D eigenvalue weighted by atomic mass is 10.0. The second-order valence-corrected chi connectivity index (χ2v) is 12.4. The lowest BCUT2D eigenvalue weighted by Gasteiger charge is -2.12. The van der Waals surface area contributed by atoms with E-state index in [0.717, 1.165) is 12.2 Å². The number of carbonyl (C=O) groups is 1. The highest BCUT2D eigenvalue weighted by Crippen LogP contribution is 2.34. The number of hydrogen-bond donors (Lipinski definition) is 0. The molecule has 0 fully saturated rings. The van der Waals surface area contributed by atoms with Crippen LogP contribution in [-0.4, -0.2) is 21.3 Å². The van der Waals surface area contributed by atoms with E-state index in [9.17, 15) is 4.79 Å². The number of ether oxygens (including phenoxy) is 2. The van der Waals surface area contributed by atoms with Crippen molar-refractivity contribution in [1.29, 1.82) is 0 Å². The Balaban J connectivity index is 2.17. The molecule has 0 spiro atoms. The van der Waals surface area contributed by atoms with Crippen molar-refractivity contribution < 1.29 is 14.3 Å². The summed E-state index contributed by atoms with van der Waals surface area (Å²) in [5.41, 5.74) is 1.34. The number of esters is 1. The third kappa shape index (κ3) is 10.0. The zero-order chi connectivity index (χ0) is 17.8. The fourth-order valence-corrected chi connectivity index (χ4v) is 2.58. The monoisotopic (exact) mass is 526 g/mol. The zero-order valence-corrected chi connectivity index (χ0v) is 18.8. The molecule has 1 rings (SSSR count). The van der Waals surface area contributed by atoms with Gasteiger partial charge in [-0.2, -0.15) is 0 Å². The molecule has 24 heavy (non-hydrogen) atoms. The standard InChI is InChI=1S/C18H25Br3O3/c1-2-3-4-5-6-7-8-15-9-11-16(12-10-15)23-13-14-24-17(22)18(19,20)21/h9-12H,2-8,13-14H2,1H3. The van der Waals surface area contributed by atoms with Crippen LogP contribution in [0.1, 0.15) is 51.0 Å². The van der Waals surface area contributed by atoms with Crippen LogP contribution in [0.3, 0.4) is 0 Å². The average molecular weight is 529 g/mol. The molecule has 0 aromatic heterocycles. The molecule has 0 radical (unpaired) electrons. The average Bonchev–Trinajstić information content (AvgIpc) is 2.55. The highest BCUT2D eigenvalue weighted by Gasteiger charge is 2.30. The van der Waals surface area contributed by atoms with Crippen molar-refractivity contribution in [3.63, 3.8) is 0 Å². The minimum absolute atomic E-state index is 0.197. The highest BCUT2D eigenvalue weighted by atomic mass is 80.0. The number of benzene rings is 1. The Labute approximate surface area is 170 Å². The van der Waals surface area contributed by atoms with Gasteiger partial charge >= 0.3 is 5.97 Å². The smallest absolute Gasteiger partial charge is 0.345 e. The molecule has 0 amide bonds. The Kier molecular flexibility index (Phi) is 11.3. The number of hydrogen-bond acceptors (Lipinski definition) is 3. The molecule has 136 valence electrons. The Morgan fingerprint density at radius 3 is 2.21 bits per heavy atom. The molecule has 1 aromatic carbocycles. The summed E-state index contributed by atoms with van der Waals surface area (Å²) in [6.07, 6.45) is 9.01. The van der Waals surface area contributed by atoms with Crippen LogP contribution in [0.15, 0.2) is 24.3 Å². The van der Waals surface area contributed by atoms with E-state index in [1.807, 2.05) is 12.1 Å². The summed E-state index contributed by atoms with van der Waals surface area (Å²) in [5, 5.41) is 0. The Morgan fingerprint density at radius 2 is 1.58 bits per heavy atom. The van der Waals surface area contributed by atoms with Gasteiger partial charge in [-0.3, -0.25) is 0 Å². The molecular weight excluding hydrogens is 504 g/mol. The minimum atomic E-state index is -1.02. The van der Waals surface area contributed by atoms with Crippen molar-refractivity contribution in [2.45, 2.75) is 54.0 Å². The van der Waals surface area contributed by atoms with Gasteiger partial charge in [0, 0.05) is 0 Å². The molecule has 0 N–H and O–H groups in total. The Hall–Kier alpha value is -0.0700. The first kappa shape index (κ1) is 22.0. The van der Waals surface area contributed by atoms with Gasteiger partial charge in [0.05, 0.1) is 0 Å². The van der Waals surface area contributed by atoms with E-state index in [0.29, 0.717) is 6.61 Å².